The smallest absolute Gasteiger partial charge is 0.305 e. The van der Waals surface area contributed by atoms with Crippen LogP contribution < -0.4 is 11.3 Å². The number of nitrogens with zero attached hydrogens (tertiary/aromatic N) is 3. The number of aliphatic hydroxyl groups is 1. The number of fused-ring (bicyclic) bond motifs is 1. The van der Waals surface area contributed by atoms with Gasteiger partial charge in [0.2, 0.25) is 5.95 Å². The van der Waals surface area contributed by atoms with E-state index in [1.807, 2.05) is 0 Å². The molecule has 0 radical (unpaired) electrons. The number of rotatable bonds is 22. The number of carbonyl (C=O) groups is 1. The Labute approximate surface area is 220 Å². The second-order valence-corrected chi connectivity index (χ2v) is 9.82. The van der Waals surface area contributed by atoms with Crippen molar-refractivity contribution in [3.05, 3.63) is 16.7 Å². The predicted molar refractivity (Wildman–Crippen MR) is 145 cm³/mol. The monoisotopic (exact) mass is 521 g/mol. The van der Waals surface area contributed by atoms with E-state index >= 15 is 0 Å². The minimum atomic E-state index is -0.693. The molecule has 0 aliphatic rings. The van der Waals surface area contributed by atoms with Gasteiger partial charge in [0.15, 0.2) is 11.2 Å². The van der Waals surface area contributed by atoms with Gasteiger partial charge in [-0.15, -0.1) is 0 Å². The summed E-state index contributed by atoms with van der Waals surface area (Å²) in [6.07, 6.45) is 20.3. The maximum Gasteiger partial charge on any atom is 0.305 e. The Kier molecular flexibility index (Phi) is 15.6. The standard InChI is InChI=1S/C27H47N5O5/c1-2-3-4-5-6-7-8-9-10-11-12-13-14-15-16-17-23(34)36-19-22(18-33)37-21-32-20-29-24-25(32)30-27(28)31-26(24)35/h20,22,33H,2-19,21H2,1H3,(H3,28,30,31,35). The first-order valence-corrected chi connectivity index (χ1v) is 14.1. The number of anilines is 1. The lowest BCUT2D eigenvalue weighted by Crippen LogP contribution is -2.26. The van der Waals surface area contributed by atoms with Crippen molar-refractivity contribution in [3.8, 4) is 0 Å². The number of aromatic amines is 1. The van der Waals surface area contributed by atoms with Crippen LogP contribution in [-0.2, 0) is 21.0 Å². The molecule has 0 aromatic carbocycles. The largest absolute Gasteiger partial charge is 0.463 e. The Morgan fingerprint density at radius 3 is 2.14 bits per heavy atom. The third-order valence-electron chi connectivity index (χ3n) is 6.56. The van der Waals surface area contributed by atoms with Crippen LogP contribution in [0, 0.1) is 0 Å². The molecule has 37 heavy (non-hydrogen) atoms. The topological polar surface area (TPSA) is 145 Å². The number of H-pyrrole nitrogens is 1. The van der Waals surface area contributed by atoms with Gasteiger partial charge in [-0.3, -0.25) is 19.1 Å². The fraction of sp³-hybridized carbons (Fsp3) is 0.778. The van der Waals surface area contributed by atoms with Gasteiger partial charge in [-0.25, -0.2) is 4.98 Å². The zero-order valence-electron chi connectivity index (χ0n) is 22.6. The number of hydrogen-bond donors (Lipinski definition) is 3. The predicted octanol–water partition coefficient (Wildman–Crippen LogP) is 4.84. The number of carbonyl (C=O) groups excluding carboxylic acids is 1. The number of nitrogens with one attached hydrogen (secondary N) is 1. The highest BCUT2D eigenvalue weighted by Gasteiger charge is 2.14. The van der Waals surface area contributed by atoms with Crippen molar-refractivity contribution in [2.45, 2.75) is 122 Å². The van der Waals surface area contributed by atoms with E-state index in [4.69, 9.17) is 15.2 Å². The summed E-state index contributed by atoms with van der Waals surface area (Å²) in [4.78, 5) is 34.3. The number of hydrogen-bond acceptors (Lipinski definition) is 8. The number of nitrogen functional groups attached to an aromatic ring is 1. The molecule has 210 valence electrons. The van der Waals surface area contributed by atoms with Gasteiger partial charge in [0.1, 0.15) is 19.4 Å². The summed E-state index contributed by atoms with van der Waals surface area (Å²) in [5.41, 5.74) is 5.57. The maximum absolute atomic E-state index is 12.0. The normalized spacial score (nSPS) is 12.3. The SMILES string of the molecule is CCCCCCCCCCCCCCCCCC(=O)OCC(CO)OCn1cnc2c(=O)[nH]c(N)nc21. The number of imidazole rings is 1. The summed E-state index contributed by atoms with van der Waals surface area (Å²) in [7, 11) is 0. The molecule has 2 heterocycles. The van der Waals surface area contributed by atoms with Gasteiger partial charge >= 0.3 is 5.97 Å². The van der Waals surface area contributed by atoms with Crippen molar-refractivity contribution in [2.24, 2.45) is 0 Å². The van der Waals surface area contributed by atoms with E-state index in [0.29, 0.717) is 6.42 Å². The number of ether oxygens (including phenoxy) is 2. The van der Waals surface area contributed by atoms with Crippen LogP contribution in [0.25, 0.3) is 11.2 Å². The Hall–Kier alpha value is -2.46. The lowest BCUT2D eigenvalue weighted by atomic mass is 10.0. The van der Waals surface area contributed by atoms with Gasteiger partial charge in [0, 0.05) is 6.42 Å². The number of aromatic nitrogens is 4. The zero-order chi connectivity index (χ0) is 26.7. The first kappa shape index (κ1) is 30.8. The molecular weight excluding hydrogens is 474 g/mol. The molecule has 4 N–H and O–H groups in total. The van der Waals surface area contributed by atoms with Crippen molar-refractivity contribution >= 4 is 23.1 Å². The fourth-order valence-electron chi connectivity index (χ4n) is 4.30. The van der Waals surface area contributed by atoms with Gasteiger partial charge in [0.05, 0.1) is 12.9 Å². The first-order chi connectivity index (χ1) is 18.0. The molecule has 10 nitrogen and oxygen atoms in total. The number of esters is 1. The van der Waals surface area contributed by atoms with E-state index in [9.17, 15) is 14.7 Å². The van der Waals surface area contributed by atoms with Gasteiger partial charge in [-0.2, -0.15) is 4.98 Å². The molecule has 0 bridgehead atoms. The Balaban J connectivity index is 1.46. The van der Waals surface area contributed by atoms with E-state index in [1.165, 1.54) is 87.9 Å². The summed E-state index contributed by atoms with van der Waals surface area (Å²) in [6, 6.07) is 0. The van der Waals surface area contributed by atoms with E-state index in [0.717, 1.165) is 19.3 Å². The molecule has 0 amide bonds. The Morgan fingerprint density at radius 1 is 1.00 bits per heavy atom. The molecule has 1 atom stereocenters. The van der Waals surface area contributed by atoms with Crippen LogP contribution in [0.2, 0.25) is 0 Å². The molecule has 0 saturated heterocycles. The van der Waals surface area contributed by atoms with Crippen LogP contribution in [0.15, 0.2) is 11.1 Å². The van der Waals surface area contributed by atoms with Crippen molar-refractivity contribution in [1.82, 2.24) is 19.5 Å². The number of nitrogens with two attached hydrogens (primary N) is 1. The van der Waals surface area contributed by atoms with Crippen LogP contribution in [-0.4, -0.2) is 49.9 Å². The second kappa shape index (κ2) is 18.7. The van der Waals surface area contributed by atoms with Crippen molar-refractivity contribution in [3.63, 3.8) is 0 Å². The minimum Gasteiger partial charge on any atom is -0.463 e. The molecule has 0 spiro atoms. The third-order valence-corrected chi connectivity index (χ3v) is 6.56. The van der Waals surface area contributed by atoms with Gasteiger partial charge in [0.25, 0.3) is 5.56 Å². The van der Waals surface area contributed by atoms with Gasteiger partial charge in [-0.1, -0.05) is 96.8 Å². The van der Waals surface area contributed by atoms with Gasteiger partial charge in [-0.05, 0) is 6.42 Å². The summed E-state index contributed by atoms with van der Waals surface area (Å²) in [6.45, 7) is 1.89. The lowest BCUT2D eigenvalue weighted by molar-refractivity contribution is -0.150. The first-order valence-electron chi connectivity index (χ1n) is 14.1. The summed E-state index contributed by atoms with van der Waals surface area (Å²) in [5, 5.41) is 9.55. The van der Waals surface area contributed by atoms with Crippen molar-refractivity contribution in [1.29, 1.82) is 0 Å². The summed E-state index contributed by atoms with van der Waals surface area (Å²) < 4.78 is 12.4. The molecule has 2 aromatic rings. The minimum absolute atomic E-state index is 0.0196. The molecule has 0 aliphatic carbocycles. The molecule has 1 unspecified atom stereocenters. The zero-order valence-corrected chi connectivity index (χ0v) is 22.6. The lowest BCUT2D eigenvalue weighted by Gasteiger charge is -2.16. The fourth-order valence-corrected chi connectivity index (χ4v) is 4.30. The molecule has 10 heteroatoms. The van der Waals surface area contributed by atoms with E-state index in [1.54, 1.807) is 0 Å². The highest BCUT2D eigenvalue weighted by molar-refractivity contribution is 5.70. The highest BCUT2D eigenvalue weighted by atomic mass is 16.6. The average molecular weight is 522 g/mol. The third kappa shape index (κ3) is 12.6. The number of unbranched alkanes of at least 4 members (excludes halogenated alkanes) is 14. The Morgan fingerprint density at radius 2 is 1.57 bits per heavy atom. The molecule has 0 saturated carbocycles. The molecular formula is C27H47N5O5. The number of aliphatic hydroxyl groups excluding tert-OH is 1. The summed E-state index contributed by atoms with van der Waals surface area (Å²) >= 11 is 0. The molecule has 0 aliphatic heterocycles. The quantitative estimate of drug-likeness (QED) is 0.147. The Bertz CT molecular complexity index is 945. The average Bonchev–Trinajstić information content (AvgIpc) is 3.29. The second-order valence-electron chi connectivity index (χ2n) is 9.82. The van der Waals surface area contributed by atoms with Crippen LogP contribution >= 0.6 is 0 Å². The van der Waals surface area contributed by atoms with Crippen LogP contribution in [0.1, 0.15) is 110 Å². The van der Waals surface area contributed by atoms with Crippen LogP contribution in [0.4, 0.5) is 5.95 Å². The summed E-state index contributed by atoms with van der Waals surface area (Å²) in [5.74, 6) is -0.309. The molecule has 2 rings (SSSR count). The molecule has 0 fully saturated rings. The van der Waals surface area contributed by atoms with Gasteiger partial charge < -0.3 is 20.3 Å². The van der Waals surface area contributed by atoms with Crippen molar-refractivity contribution < 1.29 is 19.4 Å². The van der Waals surface area contributed by atoms with Crippen LogP contribution in [0.3, 0.4) is 0 Å². The molecule has 2 aromatic heterocycles. The van der Waals surface area contributed by atoms with Crippen molar-refractivity contribution in [2.75, 3.05) is 18.9 Å². The van der Waals surface area contributed by atoms with E-state index < -0.39 is 11.7 Å². The maximum atomic E-state index is 12.0. The van der Waals surface area contributed by atoms with E-state index in [-0.39, 0.29) is 43.0 Å². The van der Waals surface area contributed by atoms with E-state index in [2.05, 4.69) is 21.9 Å². The highest BCUT2D eigenvalue weighted by Crippen LogP contribution is 2.14. The van der Waals surface area contributed by atoms with Crippen LogP contribution in [0.5, 0.6) is 0 Å².